The van der Waals surface area contributed by atoms with Gasteiger partial charge in [0.1, 0.15) is 12.4 Å². The summed E-state index contributed by atoms with van der Waals surface area (Å²) in [6.45, 7) is 5.57. The van der Waals surface area contributed by atoms with Gasteiger partial charge in [-0.15, -0.1) is 0 Å². The second-order valence-corrected chi connectivity index (χ2v) is 4.21. The normalized spacial score (nSPS) is 11.8. The van der Waals surface area contributed by atoms with Crippen LogP contribution in [0.25, 0.3) is 0 Å². The third-order valence-corrected chi connectivity index (χ3v) is 2.68. The maximum Gasteiger partial charge on any atom is 0.243 e. The van der Waals surface area contributed by atoms with Gasteiger partial charge in [0.25, 0.3) is 0 Å². The van der Waals surface area contributed by atoms with Crippen molar-refractivity contribution in [3.05, 3.63) is 30.4 Å². The molecule has 1 rings (SSSR count). The Bertz CT molecular complexity index is 394. The molecule has 0 bridgehead atoms. The van der Waals surface area contributed by atoms with Crippen molar-refractivity contribution in [2.45, 2.75) is 46.2 Å². The predicted molar refractivity (Wildman–Crippen MR) is 62.9 cm³/mol. The zero-order valence-corrected chi connectivity index (χ0v) is 10.6. The van der Waals surface area contributed by atoms with Crippen molar-refractivity contribution in [3.8, 4) is 0 Å². The van der Waals surface area contributed by atoms with Gasteiger partial charge in [-0.3, -0.25) is 0 Å². The molecule has 1 heterocycles. The lowest BCUT2D eigenvalue weighted by atomic mass is 10.2. The second-order valence-electron chi connectivity index (χ2n) is 4.21. The smallest absolute Gasteiger partial charge is 0.243 e. The lowest BCUT2D eigenvalue weighted by Gasteiger charge is -2.00. The SMILES string of the molecule is CCCC[n+]1ccn(CC/C=C(\C)C(=O)[O-])c1. The number of carbonyl (C=O) groups is 1. The Morgan fingerprint density at radius 1 is 1.53 bits per heavy atom. The highest BCUT2D eigenvalue weighted by molar-refractivity contribution is 5.83. The molecule has 0 saturated heterocycles. The van der Waals surface area contributed by atoms with E-state index in [4.69, 9.17) is 0 Å². The number of hydrogen-bond donors (Lipinski definition) is 0. The summed E-state index contributed by atoms with van der Waals surface area (Å²) in [5.74, 6) is -1.09. The first kappa shape index (κ1) is 13.5. The minimum absolute atomic E-state index is 0.302. The number of carbonyl (C=O) groups excluding carboxylic acids is 1. The van der Waals surface area contributed by atoms with Crippen molar-refractivity contribution in [3.63, 3.8) is 0 Å². The number of carboxylic acids is 1. The van der Waals surface area contributed by atoms with E-state index in [9.17, 15) is 9.90 Å². The number of aliphatic carboxylic acids is 1. The molecule has 4 nitrogen and oxygen atoms in total. The molecule has 0 unspecified atom stereocenters. The van der Waals surface area contributed by atoms with Gasteiger partial charge < -0.3 is 9.90 Å². The average molecular weight is 236 g/mol. The van der Waals surface area contributed by atoms with Gasteiger partial charge in [0.2, 0.25) is 6.33 Å². The maximum absolute atomic E-state index is 10.5. The van der Waals surface area contributed by atoms with Crippen LogP contribution in [0.1, 0.15) is 33.1 Å². The molecule has 94 valence electrons. The fourth-order valence-electron chi connectivity index (χ4n) is 1.56. The van der Waals surface area contributed by atoms with E-state index in [0.29, 0.717) is 12.0 Å². The number of nitrogens with zero attached hydrogens (tertiary/aromatic N) is 2. The molecule has 0 fully saturated rings. The number of unbranched alkanes of at least 4 members (excludes halogenated alkanes) is 1. The lowest BCUT2D eigenvalue weighted by molar-refractivity contribution is -0.696. The van der Waals surface area contributed by atoms with Crippen molar-refractivity contribution in [1.82, 2.24) is 4.57 Å². The Morgan fingerprint density at radius 2 is 2.29 bits per heavy atom. The minimum Gasteiger partial charge on any atom is -0.545 e. The van der Waals surface area contributed by atoms with Crippen molar-refractivity contribution in [2.24, 2.45) is 0 Å². The van der Waals surface area contributed by atoms with Crippen LogP contribution in [-0.2, 0) is 17.9 Å². The topological polar surface area (TPSA) is 48.9 Å². The fourth-order valence-corrected chi connectivity index (χ4v) is 1.56. The monoisotopic (exact) mass is 236 g/mol. The highest BCUT2D eigenvalue weighted by Crippen LogP contribution is 1.97. The standard InChI is InChI=1S/C13H20N2O2/c1-3-4-7-14-9-10-15(11-14)8-5-6-12(2)13(16)17/h6,9-11H,3-5,7-8H2,1-2H3/b12-6+. The first-order valence-corrected chi connectivity index (χ1v) is 6.06. The summed E-state index contributed by atoms with van der Waals surface area (Å²) in [5.41, 5.74) is 0.302. The Kier molecular flexibility index (Phi) is 5.46. The van der Waals surface area contributed by atoms with Crippen molar-refractivity contribution >= 4 is 5.97 Å². The molecule has 0 radical (unpaired) electrons. The molecule has 0 aliphatic rings. The van der Waals surface area contributed by atoms with E-state index in [-0.39, 0.29) is 0 Å². The highest BCUT2D eigenvalue weighted by Gasteiger charge is 2.01. The Hall–Kier alpha value is -1.58. The third-order valence-electron chi connectivity index (χ3n) is 2.68. The van der Waals surface area contributed by atoms with Crippen LogP contribution in [0.4, 0.5) is 0 Å². The summed E-state index contributed by atoms with van der Waals surface area (Å²) in [4.78, 5) is 10.5. The van der Waals surface area contributed by atoms with Gasteiger partial charge in [-0.25, -0.2) is 9.13 Å². The first-order chi connectivity index (χ1) is 8.13. The Balaban J connectivity index is 2.39. The molecule has 0 aliphatic heterocycles. The fraction of sp³-hybridized carbons (Fsp3) is 0.538. The number of aromatic nitrogens is 2. The molecule has 0 N–H and O–H groups in total. The summed E-state index contributed by atoms with van der Waals surface area (Å²) in [6.07, 6.45) is 10.9. The van der Waals surface area contributed by atoms with E-state index in [1.54, 1.807) is 13.0 Å². The first-order valence-electron chi connectivity index (χ1n) is 6.06. The van der Waals surface area contributed by atoms with E-state index >= 15 is 0 Å². The summed E-state index contributed by atoms with van der Waals surface area (Å²) in [5, 5.41) is 10.5. The van der Waals surface area contributed by atoms with Gasteiger partial charge in [-0.2, -0.15) is 0 Å². The van der Waals surface area contributed by atoms with Crippen LogP contribution in [0.3, 0.4) is 0 Å². The summed E-state index contributed by atoms with van der Waals surface area (Å²) in [7, 11) is 0. The Morgan fingerprint density at radius 3 is 2.94 bits per heavy atom. The minimum atomic E-state index is -1.09. The van der Waals surface area contributed by atoms with Crippen LogP contribution in [0.2, 0.25) is 0 Å². The Labute approximate surface area is 102 Å². The largest absolute Gasteiger partial charge is 0.545 e. The average Bonchev–Trinajstić information content (AvgIpc) is 2.74. The van der Waals surface area contributed by atoms with E-state index < -0.39 is 5.97 Å². The lowest BCUT2D eigenvalue weighted by Crippen LogP contribution is -2.30. The van der Waals surface area contributed by atoms with Crippen molar-refractivity contribution in [1.29, 1.82) is 0 Å². The molecular weight excluding hydrogens is 216 g/mol. The van der Waals surface area contributed by atoms with Crippen LogP contribution in [0.15, 0.2) is 30.4 Å². The van der Waals surface area contributed by atoms with Gasteiger partial charge in [-0.05, 0) is 18.9 Å². The molecule has 0 amide bonds. The molecule has 0 spiro atoms. The quantitative estimate of drug-likeness (QED) is 0.516. The third kappa shape index (κ3) is 4.85. The van der Waals surface area contributed by atoms with Gasteiger partial charge in [-0.1, -0.05) is 19.4 Å². The zero-order chi connectivity index (χ0) is 12.7. The number of imidazole rings is 1. The van der Waals surface area contributed by atoms with Crippen LogP contribution < -0.4 is 9.67 Å². The summed E-state index contributed by atoms with van der Waals surface area (Å²) >= 11 is 0. The van der Waals surface area contributed by atoms with Gasteiger partial charge >= 0.3 is 0 Å². The van der Waals surface area contributed by atoms with E-state index in [0.717, 1.165) is 13.1 Å². The molecule has 0 aromatic carbocycles. The van der Waals surface area contributed by atoms with Gasteiger partial charge in [0.05, 0.1) is 19.1 Å². The molecule has 1 aromatic heterocycles. The summed E-state index contributed by atoms with van der Waals surface area (Å²) in [6, 6.07) is 0. The number of carboxylic acid groups (broad SMARTS) is 1. The molecular formula is C13H20N2O2. The highest BCUT2D eigenvalue weighted by atomic mass is 16.4. The molecule has 1 aromatic rings. The molecule has 0 aliphatic carbocycles. The van der Waals surface area contributed by atoms with E-state index in [2.05, 4.69) is 22.4 Å². The van der Waals surface area contributed by atoms with E-state index in [1.165, 1.54) is 12.8 Å². The van der Waals surface area contributed by atoms with Crippen molar-refractivity contribution in [2.75, 3.05) is 0 Å². The zero-order valence-electron chi connectivity index (χ0n) is 10.6. The predicted octanol–water partition coefficient (Wildman–Crippen LogP) is 0.662. The number of hydrogen-bond acceptors (Lipinski definition) is 2. The number of allylic oxidation sites excluding steroid dienone is 1. The van der Waals surface area contributed by atoms with Crippen LogP contribution in [0, 0.1) is 0 Å². The molecule has 0 saturated carbocycles. The van der Waals surface area contributed by atoms with Crippen LogP contribution in [-0.4, -0.2) is 10.5 Å². The molecule has 0 atom stereocenters. The maximum atomic E-state index is 10.5. The van der Waals surface area contributed by atoms with E-state index in [1.807, 2.05) is 12.4 Å². The van der Waals surface area contributed by atoms with Crippen LogP contribution in [0.5, 0.6) is 0 Å². The second kappa shape index (κ2) is 6.89. The summed E-state index contributed by atoms with van der Waals surface area (Å²) < 4.78 is 4.22. The number of rotatable bonds is 7. The van der Waals surface area contributed by atoms with Crippen molar-refractivity contribution < 1.29 is 14.5 Å². The molecule has 17 heavy (non-hydrogen) atoms. The van der Waals surface area contributed by atoms with Crippen LogP contribution >= 0.6 is 0 Å². The van der Waals surface area contributed by atoms with Gasteiger partial charge in [0.15, 0.2) is 0 Å². The molecule has 4 heteroatoms. The number of aryl methyl sites for hydroxylation is 2. The van der Waals surface area contributed by atoms with Gasteiger partial charge in [0, 0.05) is 6.42 Å².